The number of benzene rings is 2. The lowest BCUT2D eigenvalue weighted by Crippen LogP contribution is -2.33. The van der Waals surface area contributed by atoms with Crippen molar-refractivity contribution in [3.05, 3.63) is 65.7 Å². The van der Waals surface area contributed by atoms with Crippen molar-refractivity contribution in [1.29, 1.82) is 0 Å². The van der Waals surface area contributed by atoms with Crippen LogP contribution in [0.2, 0.25) is 0 Å². The van der Waals surface area contributed by atoms with Gasteiger partial charge in [0, 0.05) is 25.7 Å². The monoisotopic (exact) mass is 435 g/mol. The Morgan fingerprint density at radius 2 is 1.75 bits per heavy atom. The van der Waals surface area contributed by atoms with Crippen LogP contribution in [-0.4, -0.2) is 39.0 Å². The zero-order chi connectivity index (χ0) is 22.9. The second-order valence-corrected chi connectivity index (χ2v) is 8.57. The van der Waals surface area contributed by atoms with Gasteiger partial charge in [-0.25, -0.2) is 4.68 Å². The third-order valence-electron chi connectivity index (χ3n) is 5.65. The number of ether oxygens (including phenoxy) is 1. The number of nitrogens with zero attached hydrogens (tertiary/aromatic N) is 3. The van der Waals surface area contributed by atoms with Crippen LogP contribution in [0.5, 0.6) is 11.6 Å². The quantitative estimate of drug-likeness (QED) is 0.382. The molecule has 0 spiro atoms. The first-order chi connectivity index (χ1) is 15.5. The fourth-order valence-corrected chi connectivity index (χ4v) is 3.97. The maximum Gasteiger partial charge on any atom is 0.222 e. The second-order valence-electron chi connectivity index (χ2n) is 8.57. The SMILES string of the molecule is CCCC[C@H](O)CN(CCC)Cc1c(-c2ccccc2)nn(C)c1Oc1ccc(C)cc1. The van der Waals surface area contributed by atoms with Gasteiger partial charge in [-0.05, 0) is 38.4 Å². The Morgan fingerprint density at radius 1 is 1.03 bits per heavy atom. The van der Waals surface area contributed by atoms with Gasteiger partial charge in [0.25, 0.3) is 0 Å². The Labute approximate surface area is 192 Å². The first kappa shape index (κ1) is 24.0. The van der Waals surface area contributed by atoms with Gasteiger partial charge in [-0.1, -0.05) is 74.7 Å². The lowest BCUT2D eigenvalue weighted by molar-refractivity contribution is 0.0992. The normalized spacial score (nSPS) is 12.3. The number of aliphatic hydroxyl groups excluding tert-OH is 1. The van der Waals surface area contributed by atoms with Crippen LogP contribution in [0.3, 0.4) is 0 Å². The fraction of sp³-hybridized carbons (Fsp3) is 0.444. The molecule has 0 saturated heterocycles. The summed E-state index contributed by atoms with van der Waals surface area (Å²) >= 11 is 0. The van der Waals surface area contributed by atoms with Crippen LogP contribution < -0.4 is 4.74 Å². The predicted molar refractivity (Wildman–Crippen MR) is 131 cm³/mol. The molecule has 0 aliphatic heterocycles. The minimum atomic E-state index is -0.320. The van der Waals surface area contributed by atoms with E-state index in [0.717, 1.165) is 60.7 Å². The fourth-order valence-electron chi connectivity index (χ4n) is 3.97. The van der Waals surface area contributed by atoms with Gasteiger partial charge >= 0.3 is 0 Å². The molecule has 0 aliphatic carbocycles. The van der Waals surface area contributed by atoms with Gasteiger partial charge in [0.05, 0.1) is 11.7 Å². The van der Waals surface area contributed by atoms with Crippen molar-refractivity contribution >= 4 is 0 Å². The van der Waals surface area contributed by atoms with E-state index in [1.807, 2.05) is 42.1 Å². The van der Waals surface area contributed by atoms with Gasteiger partial charge in [-0.15, -0.1) is 0 Å². The van der Waals surface area contributed by atoms with Crippen molar-refractivity contribution in [3.8, 4) is 22.9 Å². The van der Waals surface area contributed by atoms with E-state index in [9.17, 15) is 5.11 Å². The minimum Gasteiger partial charge on any atom is -0.439 e. The lowest BCUT2D eigenvalue weighted by Gasteiger charge is -2.25. The van der Waals surface area contributed by atoms with Gasteiger partial charge in [0.2, 0.25) is 5.88 Å². The molecule has 32 heavy (non-hydrogen) atoms. The number of unbranched alkanes of at least 4 members (excludes halogenated alkanes) is 1. The molecule has 0 radical (unpaired) electrons. The third kappa shape index (κ3) is 6.44. The molecule has 1 N–H and O–H groups in total. The summed E-state index contributed by atoms with van der Waals surface area (Å²) in [6.45, 7) is 8.65. The van der Waals surface area contributed by atoms with Crippen LogP contribution in [0.25, 0.3) is 11.3 Å². The number of hydrogen-bond donors (Lipinski definition) is 1. The number of hydrogen-bond acceptors (Lipinski definition) is 4. The van der Waals surface area contributed by atoms with Crippen molar-refractivity contribution in [2.75, 3.05) is 13.1 Å². The molecule has 0 amide bonds. The molecule has 5 heteroatoms. The molecule has 0 saturated carbocycles. The highest BCUT2D eigenvalue weighted by Gasteiger charge is 2.23. The van der Waals surface area contributed by atoms with E-state index in [2.05, 4.69) is 49.9 Å². The molecular formula is C27H37N3O2. The minimum absolute atomic E-state index is 0.320. The highest BCUT2D eigenvalue weighted by molar-refractivity contribution is 5.65. The molecular weight excluding hydrogens is 398 g/mol. The number of aryl methyl sites for hydroxylation is 2. The summed E-state index contributed by atoms with van der Waals surface area (Å²) in [5.74, 6) is 1.54. The molecule has 3 rings (SSSR count). The van der Waals surface area contributed by atoms with E-state index < -0.39 is 0 Å². The zero-order valence-corrected chi connectivity index (χ0v) is 19.9. The Bertz CT molecular complexity index is 951. The summed E-state index contributed by atoms with van der Waals surface area (Å²) in [7, 11) is 1.93. The number of rotatable bonds is 12. The van der Waals surface area contributed by atoms with Crippen LogP contribution >= 0.6 is 0 Å². The van der Waals surface area contributed by atoms with Crippen molar-refractivity contribution in [2.24, 2.45) is 7.05 Å². The van der Waals surface area contributed by atoms with Crippen molar-refractivity contribution in [1.82, 2.24) is 14.7 Å². The third-order valence-corrected chi connectivity index (χ3v) is 5.65. The molecule has 0 bridgehead atoms. The highest BCUT2D eigenvalue weighted by atomic mass is 16.5. The molecule has 0 unspecified atom stereocenters. The van der Waals surface area contributed by atoms with Gasteiger partial charge in [-0.3, -0.25) is 4.90 Å². The van der Waals surface area contributed by atoms with Crippen LogP contribution in [0, 0.1) is 6.92 Å². The standard InChI is InChI=1S/C27H37N3O2/c1-5-7-13-23(31)19-30(18-6-2)20-25-26(22-11-9-8-10-12-22)28-29(4)27(25)32-24-16-14-21(3)15-17-24/h8-12,14-17,23,31H,5-7,13,18-20H2,1-4H3/t23-/m0/s1. The Morgan fingerprint density at radius 3 is 2.41 bits per heavy atom. The molecule has 172 valence electrons. The van der Waals surface area contributed by atoms with Crippen LogP contribution in [0.4, 0.5) is 0 Å². The van der Waals surface area contributed by atoms with Gasteiger partial charge < -0.3 is 9.84 Å². The Hall–Kier alpha value is -2.63. The molecule has 5 nitrogen and oxygen atoms in total. The summed E-state index contributed by atoms with van der Waals surface area (Å²) in [6, 6.07) is 18.3. The van der Waals surface area contributed by atoms with Crippen LogP contribution in [0.1, 0.15) is 50.7 Å². The van der Waals surface area contributed by atoms with Gasteiger partial charge in [-0.2, -0.15) is 5.10 Å². The predicted octanol–water partition coefficient (Wildman–Crippen LogP) is 5.95. The molecule has 3 aromatic rings. The van der Waals surface area contributed by atoms with E-state index in [1.165, 1.54) is 5.56 Å². The zero-order valence-electron chi connectivity index (χ0n) is 19.9. The Kier molecular flexibility index (Phi) is 8.89. The Balaban J connectivity index is 1.95. The number of aliphatic hydroxyl groups is 1. The number of aromatic nitrogens is 2. The van der Waals surface area contributed by atoms with Crippen LogP contribution in [-0.2, 0) is 13.6 Å². The van der Waals surface area contributed by atoms with E-state index in [1.54, 1.807) is 0 Å². The summed E-state index contributed by atoms with van der Waals surface area (Å²) in [6.07, 6.45) is 3.68. The van der Waals surface area contributed by atoms with E-state index in [-0.39, 0.29) is 6.10 Å². The van der Waals surface area contributed by atoms with E-state index in [0.29, 0.717) is 13.1 Å². The average molecular weight is 436 g/mol. The lowest BCUT2D eigenvalue weighted by atomic mass is 10.1. The summed E-state index contributed by atoms with van der Waals surface area (Å²) in [5.41, 5.74) is 4.25. The summed E-state index contributed by atoms with van der Waals surface area (Å²) in [5, 5.41) is 15.4. The molecule has 1 atom stereocenters. The smallest absolute Gasteiger partial charge is 0.222 e. The maximum atomic E-state index is 10.6. The molecule has 0 fully saturated rings. The molecule has 1 aromatic heterocycles. The molecule has 2 aromatic carbocycles. The molecule has 0 aliphatic rings. The van der Waals surface area contributed by atoms with Crippen molar-refractivity contribution in [2.45, 2.75) is 59.1 Å². The van der Waals surface area contributed by atoms with Crippen LogP contribution in [0.15, 0.2) is 54.6 Å². The summed E-state index contributed by atoms with van der Waals surface area (Å²) < 4.78 is 8.19. The second kappa shape index (κ2) is 11.8. The maximum absolute atomic E-state index is 10.6. The van der Waals surface area contributed by atoms with E-state index >= 15 is 0 Å². The highest BCUT2D eigenvalue weighted by Crippen LogP contribution is 2.34. The van der Waals surface area contributed by atoms with E-state index in [4.69, 9.17) is 9.84 Å². The summed E-state index contributed by atoms with van der Waals surface area (Å²) in [4.78, 5) is 2.33. The average Bonchev–Trinajstić information content (AvgIpc) is 3.09. The molecule has 1 heterocycles. The van der Waals surface area contributed by atoms with Crippen molar-refractivity contribution < 1.29 is 9.84 Å². The first-order valence-electron chi connectivity index (χ1n) is 11.8. The van der Waals surface area contributed by atoms with Gasteiger partial charge in [0.15, 0.2) is 0 Å². The topological polar surface area (TPSA) is 50.5 Å². The largest absolute Gasteiger partial charge is 0.439 e. The first-order valence-corrected chi connectivity index (χ1v) is 11.8. The van der Waals surface area contributed by atoms with Gasteiger partial charge in [0.1, 0.15) is 11.4 Å². The van der Waals surface area contributed by atoms with Crippen molar-refractivity contribution in [3.63, 3.8) is 0 Å².